The van der Waals surface area contributed by atoms with Gasteiger partial charge in [-0.2, -0.15) is 9.57 Å². The van der Waals surface area contributed by atoms with Gasteiger partial charge >= 0.3 is 0 Å². The smallest absolute Gasteiger partial charge is 0.253 e. The number of thiophene rings is 1. The highest BCUT2D eigenvalue weighted by Gasteiger charge is 2.28. The molecule has 0 unspecified atom stereocenters. The number of para-hydroxylation sites is 1. The number of hydrogen-bond donors (Lipinski definition) is 0. The van der Waals surface area contributed by atoms with E-state index in [-0.39, 0.29) is 17.3 Å². The summed E-state index contributed by atoms with van der Waals surface area (Å²) in [6.07, 6.45) is 0. The minimum atomic E-state index is -3.60. The van der Waals surface area contributed by atoms with Gasteiger partial charge in [-0.3, -0.25) is 0 Å². The molecule has 1 aliphatic rings. The van der Waals surface area contributed by atoms with Gasteiger partial charge in [0.2, 0.25) is 0 Å². The van der Waals surface area contributed by atoms with Gasteiger partial charge in [0.25, 0.3) is 10.0 Å². The number of nitrogens with zero attached hydrogens (tertiary/aromatic N) is 2. The highest BCUT2D eigenvalue weighted by atomic mass is 32.2. The van der Waals surface area contributed by atoms with Crippen molar-refractivity contribution in [3.8, 4) is 11.8 Å². The van der Waals surface area contributed by atoms with Gasteiger partial charge < -0.3 is 4.74 Å². The molecule has 0 amide bonds. The fourth-order valence-corrected chi connectivity index (χ4v) is 4.81. The quantitative estimate of drug-likeness (QED) is 0.850. The minimum absolute atomic E-state index is 0.193. The van der Waals surface area contributed by atoms with E-state index in [1.807, 2.05) is 30.3 Å². The maximum atomic E-state index is 12.7. The van der Waals surface area contributed by atoms with E-state index in [1.54, 1.807) is 0 Å². The van der Waals surface area contributed by atoms with Crippen molar-refractivity contribution in [3.05, 3.63) is 46.8 Å². The lowest BCUT2D eigenvalue weighted by atomic mass is 10.2. The van der Waals surface area contributed by atoms with Crippen LogP contribution in [0.5, 0.6) is 5.75 Å². The maximum absolute atomic E-state index is 12.7. The Hall–Kier alpha value is -1.88. The number of nitriles is 1. The van der Waals surface area contributed by atoms with E-state index in [1.165, 1.54) is 16.4 Å². The summed E-state index contributed by atoms with van der Waals surface area (Å²) in [5.74, 6) is 0.721. The van der Waals surface area contributed by atoms with Crippen LogP contribution in [0.3, 0.4) is 0 Å². The molecule has 1 aliphatic heterocycles. The van der Waals surface area contributed by atoms with Crippen LogP contribution in [0.4, 0.5) is 0 Å². The minimum Gasteiger partial charge on any atom is -0.492 e. The first-order valence-electron chi connectivity index (χ1n) is 6.32. The lowest BCUT2D eigenvalue weighted by Crippen LogP contribution is -2.32. The van der Waals surface area contributed by atoms with E-state index in [2.05, 4.69) is 0 Å². The molecule has 5 nitrogen and oxygen atoms in total. The molecule has 0 saturated carbocycles. The van der Waals surface area contributed by atoms with Crippen LogP contribution in [0.15, 0.2) is 40.6 Å². The Morgan fingerprint density at radius 2 is 2.05 bits per heavy atom. The maximum Gasteiger partial charge on any atom is 0.253 e. The van der Waals surface area contributed by atoms with E-state index >= 15 is 0 Å². The molecule has 3 rings (SSSR count). The fraction of sp³-hybridized carbons (Fsp3) is 0.214. The summed E-state index contributed by atoms with van der Waals surface area (Å²) in [7, 11) is -3.60. The fourth-order valence-electron chi connectivity index (χ4n) is 2.15. The van der Waals surface area contributed by atoms with Crippen LogP contribution in [0.25, 0.3) is 0 Å². The lowest BCUT2D eigenvalue weighted by molar-refractivity contribution is 0.293. The predicted octanol–water partition coefficient (Wildman–Crippen LogP) is 2.20. The van der Waals surface area contributed by atoms with Crippen LogP contribution in [-0.4, -0.2) is 25.9 Å². The highest BCUT2D eigenvalue weighted by Crippen LogP contribution is 2.29. The largest absolute Gasteiger partial charge is 0.492 e. The molecule has 0 fully saturated rings. The lowest BCUT2D eigenvalue weighted by Gasteiger charge is -2.18. The standard InChI is InChI=1S/C14H12N2O3S2/c15-9-12-5-6-14(20-12)21(17,18)16-7-8-19-13-4-2-1-3-11(13)10-16/h1-6H,7-8,10H2. The first-order valence-corrected chi connectivity index (χ1v) is 8.58. The van der Waals surface area contributed by atoms with Crippen LogP contribution in [0.1, 0.15) is 10.4 Å². The number of rotatable bonds is 2. The van der Waals surface area contributed by atoms with Crippen molar-refractivity contribution >= 4 is 21.4 Å². The molecule has 2 heterocycles. The van der Waals surface area contributed by atoms with Crippen molar-refractivity contribution < 1.29 is 13.2 Å². The van der Waals surface area contributed by atoms with Crippen molar-refractivity contribution in [2.24, 2.45) is 0 Å². The molecule has 21 heavy (non-hydrogen) atoms. The molecule has 0 atom stereocenters. The third-order valence-electron chi connectivity index (χ3n) is 3.20. The van der Waals surface area contributed by atoms with Crippen molar-refractivity contribution in [3.63, 3.8) is 0 Å². The Labute approximate surface area is 127 Å². The van der Waals surface area contributed by atoms with Crippen molar-refractivity contribution in [1.29, 1.82) is 5.26 Å². The summed E-state index contributed by atoms with van der Waals surface area (Å²) in [4.78, 5) is 0.389. The third kappa shape index (κ3) is 2.65. The summed E-state index contributed by atoms with van der Waals surface area (Å²) in [5, 5.41) is 8.83. The summed E-state index contributed by atoms with van der Waals surface area (Å²) in [5.41, 5.74) is 0.843. The van der Waals surface area contributed by atoms with Gasteiger partial charge in [-0.25, -0.2) is 8.42 Å². The number of fused-ring (bicyclic) bond motifs is 1. The molecule has 0 saturated heterocycles. The number of ether oxygens (including phenoxy) is 1. The average molecular weight is 320 g/mol. The molecule has 0 radical (unpaired) electrons. The molecule has 7 heteroatoms. The van der Waals surface area contributed by atoms with Gasteiger partial charge in [0.15, 0.2) is 0 Å². The van der Waals surface area contributed by atoms with E-state index in [4.69, 9.17) is 10.00 Å². The van der Waals surface area contributed by atoms with E-state index < -0.39 is 10.0 Å². The molecular formula is C14H12N2O3S2. The molecule has 1 aromatic heterocycles. The second kappa shape index (κ2) is 5.48. The van der Waals surface area contributed by atoms with Gasteiger partial charge in [-0.05, 0) is 18.2 Å². The number of hydrogen-bond acceptors (Lipinski definition) is 5. The summed E-state index contributed by atoms with van der Waals surface area (Å²) < 4.78 is 32.5. The Balaban J connectivity index is 1.95. The topological polar surface area (TPSA) is 70.4 Å². The Kier molecular flexibility index (Phi) is 3.68. The molecule has 108 valence electrons. The van der Waals surface area contributed by atoms with Gasteiger partial charge in [-0.1, -0.05) is 18.2 Å². The first-order chi connectivity index (χ1) is 10.1. The number of sulfonamides is 1. The van der Waals surface area contributed by atoms with Crippen molar-refractivity contribution in [2.45, 2.75) is 10.8 Å². The van der Waals surface area contributed by atoms with Crippen molar-refractivity contribution in [1.82, 2.24) is 4.31 Å². The zero-order valence-corrected chi connectivity index (χ0v) is 12.7. The monoisotopic (exact) mass is 320 g/mol. The summed E-state index contributed by atoms with van der Waals surface area (Å²) >= 11 is 0.990. The van der Waals surface area contributed by atoms with Crippen LogP contribution in [-0.2, 0) is 16.6 Å². The van der Waals surface area contributed by atoms with Crippen LogP contribution >= 0.6 is 11.3 Å². The second-order valence-corrected chi connectivity index (χ2v) is 7.77. The van der Waals surface area contributed by atoms with Crippen LogP contribution in [0.2, 0.25) is 0 Å². The Bertz CT molecular complexity index is 806. The van der Waals surface area contributed by atoms with Gasteiger partial charge in [0, 0.05) is 18.7 Å². The molecule has 2 aromatic rings. The first kappa shape index (κ1) is 14.1. The molecule has 0 bridgehead atoms. The van der Waals surface area contributed by atoms with E-state index in [0.29, 0.717) is 11.5 Å². The molecule has 0 aliphatic carbocycles. The normalized spacial score (nSPS) is 15.6. The zero-order chi connectivity index (χ0) is 14.9. The Morgan fingerprint density at radius 3 is 2.81 bits per heavy atom. The highest BCUT2D eigenvalue weighted by molar-refractivity contribution is 7.91. The van der Waals surface area contributed by atoms with E-state index in [0.717, 1.165) is 22.6 Å². The molecule has 1 aromatic carbocycles. The molecule has 0 spiro atoms. The van der Waals surface area contributed by atoms with E-state index in [9.17, 15) is 8.42 Å². The zero-order valence-electron chi connectivity index (χ0n) is 11.0. The van der Waals surface area contributed by atoms with Gasteiger partial charge in [-0.15, -0.1) is 11.3 Å². The van der Waals surface area contributed by atoms with Crippen molar-refractivity contribution in [2.75, 3.05) is 13.2 Å². The summed E-state index contributed by atoms with van der Waals surface area (Å²) in [6, 6.07) is 12.4. The second-order valence-electron chi connectivity index (χ2n) is 4.53. The SMILES string of the molecule is N#Cc1ccc(S(=O)(=O)N2CCOc3ccccc3C2)s1. The van der Waals surface area contributed by atoms with Gasteiger partial charge in [0.05, 0.1) is 0 Å². The molecular weight excluding hydrogens is 308 g/mol. The molecule has 0 N–H and O–H groups in total. The Morgan fingerprint density at radius 1 is 1.24 bits per heavy atom. The van der Waals surface area contributed by atoms with Crippen LogP contribution in [0, 0.1) is 11.3 Å². The average Bonchev–Trinajstić information content (AvgIpc) is 2.87. The predicted molar refractivity (Wildman–Crippen MR) is 78.6 cm³/mol. The summed E-state index contributed by atoms with van der Waals surface area (Å²) in [6.45, 7) is 0.877. The third-order valence-corrected chi connectivity index (χ3v) is 6.51. The van der Waals surface area contributed by atoms with Gasteiger partial charge in [0.1, 0.15) is 27.5 Å². The number of benzene rings is 1. The van der Waals surface area contributed by atoms with Crippen LogP contribution < -0.4 is 4.74 Å².